The highest BCUT2D eigenvalue weighted by atomic mass is 32.2. The number of nitrogens with one attached hydrogen (secondary N) is 1. The van der Waals surface area contributed by atoms with Crippen LogP contribution in [-0.4, -0.2) is 45.0 Å². The first-order chi connectivity index (χ1) is 12.8. The maximum atomic E-state index is 12.0. The van der Waals surface area contributed by atoms with Crippen LogP contribution in [0.2, 0.25) is 0 Å². The number of hydrogen-bond donors (Lipinski definition) is 3. The van der Waals surface area contributed by atoms with E-state index in [1.807, 2.05) is 0 Å². The average molecular weight is 397 g/mol. The molecule has 1 unspecified atom stereocenters. The SMILES string of the molecule is COC(=O)C(CC(=O)On1c(O)ccc1O)NSc1ccccc1[N+](=O)[O-]. The minimum absolute atomic E-state index is 0.177. The van der Waals surface area contributed by atoms with Gasteiger partial charge in [-0.2, -0.15) is 0 Å². The van der Waals surface area contributed by atoms with Gasteiger partial charge in [0.25, 0.3) is 5.69 Å². The summed E-state index contributed by atoms with van der Waals surface area (Å²) >= 11 is 0.778. The third kappa shape index (κ3) is 5.12. The molecule has 0 aliphatic heterocycles. The number of esters is 1. The summed E-state index contributed by atoms with van der Waals surface area (Å²) in [5.41, 5.74) is -0.177. The zero-order valence-electron chi connectivity index (χ0n) is 13.9. The Morgan fingerprint density at radius 3 is 2.48 bits per heavy atom. The fourth-order valence-electron chi connectivity index (χ4n) is 1.95. The number of nitro benzene ring substituents is 1. The Labute approximate surface area is 156 Å². The van der Waals surface area contributed by atoms with Gasteiger partial charge in [-0.1, -0.05) is 12.1 Å². The first kappa shape index (κ1) is 20.1. The van der Waals surface area contributed by atoms with Crippen LogP contribution in [0.4, 0.5) is 5.69 Å². The first-order valence-electron chi connectivity index (χ1n) is 7.38. The van der Waals surface area contributed by atoms with E-state index in [4.69, 9.17) is 4.84 Å². The van der Waals surface area contributed by atoms with Crippen molar-refractivity contribution in [2.75, 3.05) is 7.11 Å². The summed E-state index contributed by atoms with van der Waals surface area (Å²) in [5, 5.41) is 29.9. The van der Waals surface area contributed by atoms with E-state index in [2.05, 4.69) is 9.46 Å². The van der Waals surface area contributed by atoms with E-state index in [-0.39, 0.29) is 10.6 Å². The highest BCUT2D eigenvalue weighted by Gasteiger charge is 2.26. The van der Waals surface area contributed by atoms with Crippen LogP contribution in [-0.2, 0) is 14.3 Å². The number of nitro groups is 1. The molecule has 0 spiro atoms. The van der Waals surface area contributed by atoms with Gasteiger partial charge in [0, 0.05) is 18.2 Å². The number of aromatic nitrogens is 1. The molecule has 2 aromatic rings. The molecule has 0 radical (unpaired) electrons. The van der Waals surface area contributed by atoms with Crippen LogP contribution in [0.3, 0.4) is 0 Å². The lowest BCUT2D eigenvalue weighted by molar-refractivity contribution is -0.387. The molecule has 1 aromatic carbocycles. The molecular formula is C15H15N3O8S. The van der Waals surface area contributed by atoms with Crippen molar-refractivity contribution in [3.05, 3.63) is 46.5 Å². The molecule has 11 nitrogen and oxygen atoms in total. The number of aromatic hydroxyl groups is 2. The van der Waals surface area contributed by atoms with E-state index in [1.54, 1.807) is 6.07 Å². The summed E-state index contributed by atoms with van der Waals surface area (Å²) < 4.78 is 7.70. The van der Waals surface area contributed by atoms with Crippen LogP contribution in [0.5, 0.6) is 11.8 Å². The molecule has 12 heteroatoms. The Morgan fingerprint density at radius 1 is 1.26 bits per heavy atom. The van der Waals surface area contributed by atoms with E-state index in [0.717, 1.165) is 31.2 Å². The predicted octanol–water partition coefficient (Wildman–Crippen LogP) is 0.991. The zero-order chi connectivity index (χ0) is 20.0. The molecule has 2 rings (SSSR count). The van der Waals surface area contributed by atoms with Crippen LogP contribution >= 0.6 is 11.9 Å². The molecular weight excluding hydrogens is 382 g/mol. The molecule has 3 N–H and O–H groups in total. The standard InChI is InChI=1S/C15H15N3O8S/c1-25-15(22)9(8-14(21)26-17-12(19)6-7-13(17)20)16-27-11-5-3-2-4-10(11)18(23)24/h2-7,9,16,19-20H,8H2,1H3. The zero-order valence-corrected chi connectivity index (χ0v) is 14.7. The van der Waals surface area contributed by atoms with E-state index in [9.17, 15) is 29.9 Å². The maximum Gasteiger partial charge on any atom is 0.335 e. The Morgan fingerprint density at radius 2 is 1.89 bits per heavy atom. The van der Waals surface area contributed by atoms with E-state index in [0.29, 0.717) is 4.73 Å². The lowest BCUT2D eigenvalue weighted by Crippen LogP contribution is -2.37. The molecule has 0 fully saturated rings. The van der Waals surface area contributed by atoms with Gasteiger partial charge in [-0.3, -0.25) is 14.9 Å². The number of ether oxygens (including phenoxy) is 1. The van der Waals surface area contributed by atoms with Crippen LogP contribution in [0, 0.1) is 10.1 Å². The number of nitrogens with zero attached hydrogens (tertiary/aromatic N) is 2. The summed E-state index contributed by atoms with van der Waals surface area (Å²) in [7, 11) is 1.11. The summed E-state index contributed by atoms with van der Waals surface area (Å²) in [6, 6.07) is 6.84. The Balaban J connectivity index is 2.06. The minimum Gasteiger partial charge on any atom is -0.492 e. The smallest absolute Gasteiger partial charge is 0.335 e. The maximum absolute atomic E-state index is 12.0. The Kier molecular flexibility index (Phi) is 6.62. The van der Waals surface area contributed by atoms with Crippen molar-refractivity contribution in [3.8, 4) is 11.8 Å². The van der Waals surface area contributed by atoms with Crippen LogP contribution < -0.4 is 9.56 Å². The first-order valence-corrected chi connectivity index (χ1v) is 8.19. The van der Waals surface area contributed by atoms with Crippen molar-refractivity contribution in [3.63, 3.8) is 0 Å². The highest BCUT2D eigenvalue weighted by molar-refractivity contribution is 7.97. The molecule has 0 saturated carbocycles. The largest absolute Gasteiger partial charge is 0.492 e. The van der Waals surface area contributed by atoms with Gasteiger partial charge in [-0.25, -0.2) is 9.52 Å². The van der Waals surface area contributed by atoms with Gasteiger partial charge in [-0.05, 0) is 18.0 Å². The van der Waals surface area contributed by atoms with Crippen LogP contribution in [0.25, 0.3) is 0 Å². The van der Waals surface area contributed by atoms with Crippen molar-refractivity contribution in [1.29, 1.82) is 0 Å². The molecule has 0 aliphatic rings. The predicted molar refractivity (Wildman–Crippen MR) is 91.9 cm³/mol. The summed E-state index contributed by atoms with van der Waals surface area (Å²) in [4.78, 5) is 39.3. The summed E-state index contributed by atoms with van der Waals surface area (Å²) in [6.07, 6.45) is -0.530. The summed E-state index contributed by atoms with van der Waals surface area (Å²) in [5.74, 6) is -2.81. The number of carbonyl (C=O) groups is 2. The second-order valence-corrected chi connectivity index (χ2v) is 5.91. The van der Waals surface area contributed by atoms with Gasteiger partial charge < -0.3 is 19.8 Å². The lowest BCUT2D eigenvalue weighted by atomic mass is 10.2. The van der Waals surface area contributed by atoms with Gasteiger partial charge in [-0.15, -0.1) is 4.73 Å². The third-order valence-corrected chi connectivity index (χ3v) is 4.19. The third-order valence-electron chi connectivity index (χ3n) is 3.22. The molecule has 0 saturated heterocycles. The van der Waals surface area contributed by atoms with E-state index in [1.165, 1.54) is 18.2 Å². The number of benzene rings is 1. The highest BCUT2D eigenvalue weighted by Crippen LogP contribution is 2.27. The van der Waals surface area contributed by atoms with Crippen molar-refractivity contribution in [2.24, 2.45) is 0 Å². The molecule has 144 valence electrons. The number of rotatable bonds is 8. The second kappa shape index (κ2) is 8.91. The molecule has 0 aliphatic carbocycles. The van der Waals surface area contributed by atoms with Crippen molar-refractivity contribution in [1.82, 2.24) is 9.45 Å². The molecule has 1 aromatic heterocycles. The number of methoxy groups -OCH3 is 1. The minimum atomic E-state index is -1.20. The van der Waals surface area contributed by atoms with Crippen molar-refractivity contribution < 1.29 is 34.3 Å². The second-order valence-electron chi connectivity index (χ2n) is 5.03. The number of hydrogen-bond acceptors (Lipinski definition) is 10. The van der Waals surface area contributed by atoms with Crippen molar-refractivity contribution >= 4 is 29.6 Å². The fourth-order valence-corrected chi connectivity index (χ4v) is 2.79. The fraction of sp³-hybridized carbons (Fsp3) is 0.200. The van der Waals surface area contributed by atoms with Gasteiger partial charge >= 0.3 is 11.9 Å². The Bertz CT molecular complexity index is 834. The number of para-hydroxylation sites is 1. The lowest BCUT2D eigenvalue weighted by Gasteiger charge is -2.15. The van der Waals surface area contributed by atoms with Gasteiger partial charge in [0.05, 0.1) is 18.5 Å². The Hall–Kier alpha value is -3.25. The van der Waals surface area contributed by atoms with E-state index >= 15 is 0 Å². The quantitative estimate of drug-likeness (QED) is 0.254. The average Bonchev–Trinajstić information content (AvgIpc) is 2.96. The van der Waals surface area contributed by atoms with Crippen LogP contribution in [0.1, 0.15) is 6.42 Å². The molecule has 1 atom stereocenters. The summed E-state index contributed by atoms with van der Waals surface area (Å²) in [6.45, 7) is 0. The molecule has 0 amide bonds. The molecule has 0 bridgehead atoms. The van der Waals surface area contributed by atoms with Crippen molar-refractivity contribution in [2.45, 2.75) is 17.4 Å². The van der Waals surface area contributed by atoms with E-state index < -0.39 is 41.1 Å². The normalized spacial score (nSPS) is 11.6. The van der Waals surface area contributed by atoms with Gasteiger partial charge in [0.2, 0.25) is 11.8 Å². The molecule has 27 heavy (non-hydrogen) atoms. The number of carbonyl (C=O) groups excluding carboxylic acids is 2. The monoisotopic (exact) mass is 397 g/mol. The topological polar surface area (TPSA) is 153 Å². The van der Waals surface area contributed by atoms with Gasteiger partial charge in [0.15, 0.2) is 0 Å². The molecule has 1 heterocycles. The van der Waals surface area contributed by atoms with Crippen LogP contribution in [0.15, 0.2) is 41.3 Å². The van der Waals surface area contributed by atoms with Gasteiger partial charge in [0.1, 0.15) is 10.9 Å².